The van der Waals surface area contributed by atoms with E-state index in [9.17, 15) is 0 Å². The van der Waals surface area contributed by atoms with Gasteiger partial charge in [-0.1, -0.05) is 170 Å². The zero-order valence-corrected chi connectivity index (χ0v) is 31.0. The first-order valence-electron chi connectivity index (χ1n) is 19.3. The lowest BCUT2D eigenvalue weighted by Gasteiger charge is -2.30. The standard InChI is InChI=1S/C54H35NO2/c1-2-17-36(18-3-1)38-19-4-5-20-39(38)40-21-6-7-22-41(40)42-23-8-12-29-49(42)55(37-33-34-53-48(35-37)45-26-11-14-31-51(45)56-53)50-30-13-9-24-43(50)46-27-16-28-47-44-25-10-15-32-52(44)57-54(46)47/h1-35H. The molecule has 0 bridgehead atoms. The van der Waals surface area contributed by atoms with Gasteiger partial charge >= 0.3 is 0 Å². The number of hydrogen-bond donors (Lipinski definition) is 0. The van der Waals surface area contributed by atoms with Gasteiger partial charge in [0, 0.05) is 43.9 Å². The van der Waals surface area contributed by atoms with Crippen LogP contribution in [0.2, 0.25) is 0 Å². The first kappa shape index (κ1) is 32.8. The van der Waals surface area contributed by atoms with Gasteiger partial charge in [-0.15, -0.1) is 0 Å². The fourth-order valence-corrected chi connectivity index (χ4v) is 8.55. The van der Waals surface area contributed by atoms with Crippen molar-refractivity contribution in [3.8, 4) is 44.5 Å². The van der Waals surface area contributed by atoms with E-state index < -0.39 is 0 Å². The van der Waals surface area contributed by atoms with Crippen LogP contribution in [0.3, 0.4) is 0 Å². The summed E-state index contributed by atoms with van der Waals surface area (Å²) in [7, 11) is 0. The van der Waals surface area contributed by atoms with E-state index in [2.05, 4.69) is 193 Å². The summed E-state index contributed by atoms with van der Waals surface area (Å²) in [6.45, 7) is 0. The molecule has 0 spiro atoms. The predicted octanol–water partition coefficient (Wildman–Crippen LogP) is 15.6. The minimum atomic E-state index is 0.858. The summed E-state index contributed by atoms with van der Waals surface area (Å²) in [5, 5.41) is 4.37. The Bertz CT molecular complexity index is 3260. The van der Waals surface area contributed by atoms with Gasteiger partial charge < -0.3 is 13.7 Å². The van der Waals surface area contributed by atoms with Crippen molar-refractivity contribution in [1.82, 2.24) is 0 Å². The molecule has 0 unspecified atom stereocenters. The third kappa shape index (κ3) is 5.51. The van der Waals surface area contributed by atoms with Crippen LogP contribution < -0.4 is 4.90 Å². The molecule has 0 amide bonds. The average molecular weight is 730 g/mol. The summed E-state index contributed by atoms with van der Waals surface area (Å²) < 4.78 is 13.0. The lowest BCUT2D eigenvalue weighted by molar-refractivity contribution is 0.669. The molecule has 3 heteroatoms. The normalized spacial score (nSPS) is 11.5. The largest absolute Gasteiger partial charge is 0.456 e. The van der Waals surface area contributed by atoms with Crippen molar-refractivity contribution in [1.29, 1.82) is 0 Å². The van der Waals surface area contributed by atoms with Crippen molar-refractivity contribution in [3.63, 3.8) is 0 Å². The van der Waals surface area contributed by atoms with Crippen molar-refractivity contribution in [3.05, 3.63) is 212 Å². The predicted molar refractivity (Wildman–Crippen MR) is 237 cm³/mol. The molecule has 0 aliphatic carbocycles. The van der Waals surface area contributed by atoms with Crippen LogP contribution in [0, 0.1) is 0 Å². The fourth-order valence-electron chi connectivity index (χ4n) is 8.55. The van der Waals surface area contributed by atoms with Crippen LogP contribution in [0.25, 0.3) is 88.4 Å². The maximum atomic E-state index is 6.65. The highest BCUT2D eigenvalue weighted by atomic mass is 16.3. The van der Waals surface area contributed by atoms with Crippen LogP contribution >= 0.6 is 0 Å². The van der Waals surface area contributed by atoms with E-state index >= 15 is 0 Å². The number of fused-ring (bicyclic) bond motifs is 6. The Hall–Kier alpha value is -7.62. The van der Waals surface area contributed by atoms with Crippen molar-refractivity contribution >= 4 is 60.9 Å². The Labute approximate surface area is 330 Å². The minimum absolute atomic E-state index is 0.858. The summed E-state index contributed by atoms with van der Waals surface area (Å²) in [5.74, 6) is 0. The summed E-state index contributed by atoms with van der Waals surface area (Å²) in [4.78, 5) is 2.41. The molecule has 11 aromatic rings. The van der Waals surface area contributed by atoms with Crippen molar-refractivity contribution in [2.24, 2.45) is 0 Å². The van der Waals surface area contributed by atoms with Gasteiger partial charge in [-0.2, -0.15) is 0 Å². The van der Waals surface area contributed by atoms with Crippen LogP contribution in [0.4, 0.5) is 17.1 Å². The number of benzene rings is 9. The second-order valence-electron chi connectivity index (χ2n) is 14.4. The molecule has 11 rings (SSSR count). The molecule has 0 fully saturated rings. The Kier molecular flexibility index (Phi) is 7.82. The molecule has 0 aliphatic heterocycles. The molecule has 2 heterocycles. The van der Waals surface area contributed by atoms with Crippen LogP contribution in [0.1, 0.15) is 0 Å². The van der Waals surface area contributed by atoms with Gasteiger partial charge in [0.05, 0.1) is 11.4 Å². The highest BCUT2D eigenvalue weighted by Crippen LogP contribution is 2.49. The third-order valence-corrected chi connectivity index (χ3v) is 11.1. The van der Waals surface area contributed by atoms with Gasteiger partial charge in [-0.05, 0) is 70.3 Å². The third-order valence-electron chi connectivity index (χ3n) is 11.1. The van der Waals surface area contributed by atoms with E-state index in [1.165, 1.54) is 22.3 Å². The van der Waals surface area contributed by atoms with Crippen molar-refractivity contribution in [2.75, 3.05) is 4.90 Å². The molecular weight excluding hydrogens is 695 g/mol. The number of rotatable bonds is 7. The van der Waals surface area contributed by atoms with Crippen LogP contribution in [-0.4, -0.2) is 0 Å². The van der Waals surface area contributed by atoms with Gasteiger partial charge in [0.15, 0.2) is 0 Å². The van der Waals surface area contributed by atoms with Gasteiger partial charge in [-0.25, -0.2) is 0 Å². The molecule has 268 valence electrons. The molecule has 3 nitrogen and oxygen atoms in total. The average Bonchev–Trinajstić information content (AvgIpc) is 3.86. The second kappa shape index (κ2) is 13.6. The maximum absolute atomic E-state index is 6.65. The van der Waals surface area contributed by atoms with Gasteiger partial charge in [-0.3, -0.25) is 0 Å². The molecule has 0 N–H and O–H groups in total. The molecule has 0 aliphatic rings. The van der Waals surface area contributed by atoms with Gasteiger partial charge in [0.1, 0.15) is 22.3 Å². The quantitative estimate of drug-likeness (QED) is 0.164. The first-order chi connectivity index (χ1) is 28.3. The molecule has 0 saturated carbocycles. The first-order valence-corrected chi connectivity index (χ1v) is 19.3. The fraction of sp³-hybridized carbons (Fsp3) is 0. The number of furan rings is 2. The smallest absolute Gasteiger partial charge is 0.143 e. The zero-order valence-electron chi connectivity index (χ0n) is 31.0. The van der Waals surface area contributed by atoms with Crippen LogP contribution in [0.15, 0.2) is 221 Å². The van der Waals surface area contributed by atoms with E-state index in [0.717, 1.165) is 83.2 Å². The molecule has 0 radical (unpaired) electrons. The number of nitrogens with zero attached hydrogens (tertiary/aromatic N) is 1. The summed E-state index contributed by atoms with van der Waals surface area (Å²) in [5.41, 5.74) is 15.7. The van der Waals surface area contributed by atoms with E-state index in [1.807, 2.05) is 24.3 Å². The lowest BCUT2D eigenvalue weighted by Crippen LogP contribution is -2.12. The van der Waals surface area contributed by atoms with Crippen LogP contribution in [0.5, 0.6) is 0 Å². The number of hydrogen-bond acceptors (Lipinski definition) is 3. The maximum Gasteiger partial charge on any atom is 0.143 e. The van der Waals surface area contributed by atoms with Crippen molar-refractivity contribution < 1.29 is 8.83 Å². The lowest BCUT2D eigenvalue weighted by atomic mass is 9.88. The summed E-state index contributed by atoms with van der Waals surface area (Å²) >= 11 is 0. The monoisotopic (exact) mass is 729 g/mol. The molecule has 9 aromatic carbocycles. The SMILES string of the molecule is c1ccc(-c2ccccc2-c2ccccc2-c2ccccc2N(c2ccc3oc4ccccc4c3c2)c2ccccc2-c2cccc3c2oc2ccccc23)cc1. The van der Waals surface area contributed by atoms with Gasteiger partial charge in [0.25, 0.3) is 0 Å². The number of anilines is 3. The van der Waals surface area contributed by atoms with E-state index in [1.54, 1.807) is 0 Å². The second-order valence-corrected chi connectivity index (χ2v) is 14.4. The van der Waals surface area contributed by atoms with E-state index in [0.29, 0.717) is 0 Å². The Morgan fingerprint density at radius 1 is 0.281 bits per heavy atom. The molecule has 2 aromatic heterocycles. The van der Waals surface area contributed by atoms with Crippen molar-refractivity contribution in [2.45, 2.75) is 0 Å². The molecule has 0 saturated heterocycles. The zero-order chi connectivity index (χ0) is 37.7. The van der Waals surface area contributed by atoms with E-state index in [4.69, 9.17) is 8.83 Å². The Balaban J connectivity index is 1.18. The Morgan fingerprint density at radius 3 is 1.44 bits per heavy atom. The molecule has 0 atom stereocenters. The summed E-state index contributed by atoms with van der Waals surface area (Å²) in [6.07, 6.45) is 0. The number of para-hydroxylation sites is 5. The minimum Gasteiger partial charge on any atom is -0.456 e. The van der Waals surface area contributed by atoms with Crippen LogP contribution in [-0.2, 0) is 0 Å². The Morgan fingerprint density at radius 2 is 0.737 bits per heavy atom. The molecular formula is C54H35NO2. The van der Waals surface area contributed by atoms with E-state index in [-0.39, 0.29) is 0 Å². The highest BCUT2D eigenvalue weighted by molar-refractivity contribution is 6.12. The molecule has 57 heavy (non-hydrogen) atoms. The topological polar surface area (TPSA) is 29.5 Å². The van der Waals surface area contributed by atoms with Gasteiger partial charge in [0.2, 0.25) is 0 Å². The summed E-state index contributed by atoms with van der Waals surface area (Å²) in [6, 6.07) is 75.2. The highest BCUT2D eigenvalue weighted by Gasteiger charge is 2.24.